The van der Waals surface area contributed by atoms with Crippen LogP contribution >= 0.6 is 0 Å². The molecule has 0 fully saturated rings. The maximum absolute atomic E-state index is 5.84. The zero-order valence-corrected chi connectivity index (χ0v) is 18.8. The van der Waals surface area contributed by atoms with Crippen molar-refractivity contribution in [2.24, 2.45) is 5.41 Å². The fourth-order valence-corrected chi connectivity index (χ4v) is 3.86. The lowest BCUT2D eigenvalue weighted by molar-refractivity contribution is 0.0478. The second-order valence-corrected chi connectivity index (χ2v) is 8.18. The lowest BCUT2D eigenvalue weighted by Gasteiger charge is -2.36. The summed E-state index contributed by atoms with van der Waals surface area (Å²) < 4.78 is 21.7. The monoisotopic (exact) mass is 400 g/mol. The number of rotatable bonds is 10. The third kappa shape index (κ3) is 6.76. The SMILES string of the molecule is COCOc1ccc(OCOC)c(CC2=C(C)CCC[C@]2(C)/C=C/C=C(C)C)c1. The van der Waals surface area contributed by atoms with Crippen LogP contribution in [-0.2, 0) is 15.9 Å². The summed E-state index contributed by atoms with van der Waals surface area (Å²) in [6, 6.07) is 5.91. The van der Waals surface area contributed by atoms with Crippen LogP contribution in [0, 0.1) is 5.41 Å². The van der Waals surface area contributed by atoms with Gasteiger partial charge < -0.3 is 18.9 Å². The van der Waals surface area contributed by atoms with Crippen molar-refractivity contribution in [2.45, 2.75) is 53.4 Å². The van der Waals surface area contributed by atoms with Crippen molar-refractivity contribution in [1.29, 1.82) is 0 Å². The number of ether oxygens (including phenoxy) is 4. The Balaban J connectivity index is 2.38. The molecule has 1 aromatic carbocycles. The molecule has 0 unspecified atom stereocenters. The van der Waals surface area contributed by atoms with Crippen LogP contribution in [0.4, 0.5) is 0 Å². The van der Waals surface area contributed by atoms with Gasteiger partial charge in [-0.3, -0.25) is 0 Å². The topological polar surface area (TPSA) is 36.9 Å². The second kappa shape index (κ2) is 11.2. The van der Waals surface area contributed by atoms with Gasteiger partial charge in [-0.25, -0.2) is 0 Å². The minimum absolute atomic E-state index is 0.0379. The number of hydrogen-bond acceptors (Lipinski definition) is 4. The van der Waals surface area contributed by atoms with Crippen molar-refractivity contribution in [1.82, 2.24) is 0 Å². The molecule has 1 aliphatic rings. The Morgan fingerprint density at radius 2 is 1.83 bits per heavy atom. The van der Waals surface area contributed by atoms with Gasteiger partial charge >= 0.3 is 0 Å². The highest BCUT2D eigenvalue weighted by atomic mass is 16.7. The van der Waals surface area contributed by atoms with E-state index in [1.54, 1.807) is 14.2 Å². The van der Waals surface area contributed by atoms with E-state index in [1.165, 1.54) is 23.1 Å². The zero-order chi connectivity index (χ0) is 21.3. The van der Waals surface area contributed by atoms with Gasteiger partial charge in [0, 0.05) is 25.2 Å². The maximum atomic E-state index is 5.84. The fourth-order valence-electron chi connectivity index (χ4n) is 3.86. The molecule has 0 amide bonds. The second-order valence-electron chi connectivity index (χ2n) is 8.18. The normalized spacial score (nSPS) is 19.5. The van der Waals surface area contributed by atoms with E-state index in [0.717, 1.165) is 36.3 Å². The van der Waals surface area contributed by atoms with Gasteiger partial charge in [-0.2, -0.15) is 0 Å². The standard InChI is InChI=1S/C25H36O4/c1-19(2)9-7-13-25(4)14-8-10-20(3)23(25)16-21-15-22(28-17-26-5)11-12-24(21)29-18-27-6/h7,9,11-13,15H,8,10,14,16-18H2,1-6H3/b13-7+/t25-/m0/s1. The van der Waals surface area contributed by atoms with Gasteiger partial charge in [0.1, 0.15) is 11.5 Å². The molecule has 1 aliphatic carbocycles. The van der Waals surface area contributed by atoms with Crippen LogP contribution in [0.1, 0.15) is 52.5 Å². The molecule has 0 aliphatic heterocycles. The lowest BCUT2D eigenvalue weighted by atomic mass is 9.69. The first kappa shape index (κ1) is 23.2. The molecule has 0 N–H and O–H groups in total. The third-order valence-corrected chi connectivity index (χ3v) is 5.42. The minimum Gasteiger partial charge on any atom is -0.468 e. The predicted octanol–water partition coefficient (Wildman–Crippen LogP) is 6.22. The van der Waals surface area contributed by atoms with E-state index in [4.69, 9.17) is 18.9 Å². The zero-order valence-electron chi connectivity index (χ0n) is 18.8. The summed E-state index contributed by atoms with van der Waals surface area (Å²) in [6.07, 6.45) is 11.1. The quantitative estimate of drug-likeness (QED) is 0.265. The third-order valence-electron chi connectivity index (χ3n) is 5.42. The summed E-state index contributed by atoms with van der Waals surface area (Å²) in [5, 5.41) is 0. The average Bonchev–Trinajstić information content (AvgIpc) is 2.68. The summed E-state index contributed by atoms with van der Waals surface area (Å²) in [4.78, 5) is 0. The van der Waals surface area contributed by atoms with E-state index in [2.05, 4.69) is 52.0 Å². The molecule has 0 saturated heterocycles. The molecule has 0 saturated carbocycles. The highest BCUT2D eigenvalue weighted by molar-refractivity contribution is 5.45. The molecule has 1 atom stereocenters. The average molecular weight is 401 g/mol. The number of benzene rings is 1. The molecule has 0 aromatic heterocycles. The van der Waals surface area contributed by atoms with E-state index < -0.39 is 0 Å². The van der Waals surface area contributed by atoms with Crippen molar-refractivity contribution in [2.75, 3.05) is 27.8 Å². The first-order chi connectivity index (χ1) is 13.9. The van der Waals surface area contributed by atoms with E-state index in [1.807, 2.05) is 12.1 Å². The fraction of sp³-hybridized carbons (Fsp3) is 0.520. The van der Waals surface area contributed by atoms with Crippen molar-refractivity contribution >= 4 is 0 Å². The minimum atomic E-state index is 0.0379. The van der Waals surface area contributed by atoms with Crippen LogP contribution in [-0.4, -0.2) is 27.8 Å². The van der Waals surface area contributed by atoms with Crippen molar-refractivity contribution in [3.8, 4) is 11.5 Å². The predicted molar refractivity (Wildman–Crippen MR) is 118 cm³/mol. The van der Waals surface area contributed by atoms with Crippen LogP contribution in [0.15, 0.2) is 53.1 Å². The van der Waals surface area contributed by atoms with Crippen LogP contribution in [0.5, 0.6) is 11.5 Å². The Hall–Kier alpha value is -2.04. The molecular formula is C25H36O4. The van der Waals surface area contributed by atoms with Gasteiger partial charge in [-0.1, -0.05) is 41.9 Å². The maximum Gasteiger partial charge on any atom is 0.188 e. The van der Waals surface area contributed by atoms with E-state index in [9.17, 15) is 0 Å². The largest absolute Gasteiger partial charge is 0.468 e. The molecule has 4 nitrogen and oxygen atoms in total. The molecule has 1 aromatic rings. The molecule has 0 radical (unpaired) electrons. The lowest BCUT2D eigenvalue weighted by Crippen LogP contribution is -2.23. The summed E-state index contributed by atoms with van der Waals surface area (Å²) in [7, 11) is 3.26. The summed E-state index contributed by atoms with van der Waals surface area (Å²) in [5.41, 5.74) is 5.39. The number of hydrogen-bond donors (Lipinski definition) is 0. The first-order valence-electron chi connectivity index (χ1n) is 10.3. The first-order valence-corrected chi connectivity index (χ1v) is 10.3. The Morgan fingerprint density at radius 3 is 2.52 bits per heavy atom. The molecular weight excluding hydrogens is 364 g/mol. The summed E-state index contributed by atoms with van der Waals surface area (Å²) in [5.74, 6) is 1.61. The van der Waals surface area contributed by atoms with Gasteiger partial charge in [0.15, 0.2) is 13.6 Å². The van der Waals surface area contributed by atoms with E-state index in [0.29, 0.717) is 0 Å². The highest BCUT2D eigenvalue weighted by Gasteiger charge is 2.31. The molecule has 2 rings (SSSR count). The van der Waals surface area contributed by atoms with Crippen LogP contribution < -0.4 is 9.47 Å². The Morgan fingerprint density at radius 1 is 1.10 bits per heavy atom. The smallest absolute Gasteiger partial charge is 0.188 e. The summed E-state index contributed by atoms with van der Waals surface area (Å²) >= 11 is 0. The Labute approximate surface area is 176 Å². The van der Waals surface area contributed by atoms with Crippen LogP contribution in [0.3, 0.4) is 0 Å². The van der Waals surface area contributed by atoms with Gasteiger partial charge in [-0.15, -0.1) is 0 Å². The van der Waals surface area contributed by atoms with E-state index in [-0.39, 0.29) is 19.0 Å². The Bertz CT molecular complexity index is 756. The number of allylic oxidation sites excluding steroid dienone is 6. The highest BCUT2D eigenvalue weighted by Crippen LogP contribution is 2.44. The molecule has 0 heterocycles. The van der Waals surface area contributed by atoms with Gasteiger partial charge in [0.25, 0.3) is 0 Å². The van der Waals surface area contributed by atoms with Gasteiger partial charge in [0.2, 0.25) is 0 Å². The van der Waals surface area contributed by atoms with Crippen molar-refractivity contribution < 1.29 is 18.9 Å². The Kier molecular flexibility index (Phi) is 8.99. The molecule has 0 spiro atoms. The van der Waals surface area contributed by atoms with Crippen molar-refractivity contribution in [3.63, 3.8) is 0 Å². The van der Waals surface area contributed by atoms with Crippen molar-refractivity contribution in [3.05, 3.63) is 58.7 Å². The van der Waals surface area contributed by atoms with Gasteiger partial charge in [-0.05, 0) is 64.7 Å². The molecule has 0 bridgehead atoms. The van der Waals surface area contributed by atoms with Crippen LogP contribution in [0.25, 0.3) is 0 Å². The molecule has 160 valence electrons. The van der Waals surface area contributed by atoms with E-state index >= 15 is 0 Å². The summed E-state index contributed by atoms with van der Waals surface area (Å²) in [6.45, 7) is 9.31. The molecule has 29 heavy (non-hydrogen) atoms. The van der Waals surface area contributed by atoms with Gasteiger partial charge in [0.05, 0.1) is 0 Å². The molecule has 4 heteroatoms. The number of methoxy groups -OCH3 is 2. The van der Waals surface area contributed by atoms with Crippen LogP contribution in [0.2, 0.25) is 0 Å².